The second kappa shape index (κ2) is 7.77. The van der Waals surface area contributed by atoms with Gasteiger partial charge in [0.1, 0.15) is 0 Å². The van der Waals surface area contributed by atoms with E-state index >= 15 is 0 Å². The number of nitrogens with zero attached hydrogens (tertiary/aromatic N) is 2. The Labute approximate surface area is 126 Å². The highest BCUT2D eigenvalue weighted by Gasteiger charge is 2.39. The molecule has 1 unspecified atom stereocenters. The van der Waals surface area contributed by atoms with Crippen LogP contribution < -0.4 is 5.73 Å². The van der Waals surface area contributed by atoms with Crippen LogP contribution in [0.4, 0.5) is 0 Å². The van der Waals surface area contributed by atoms with Crippen molar-refractivity contribution in [3.8, 4) is 0 Å². The van der Waals surface area contributed by atoms with Gasteiger partial charge in [0, 0.05) is 24.7 Å². The van der Waals surface area contributed by atoms with Gasteiger partial charge in [0.25, 0.3) is 0 Å². The van der Waals surface area contributed by atoms with Crippen molar-refractivity contribution in [3.05, 3.63) is 0 Å². The Morgan fingerprint density at radius 1 is 1.15 bits per heavy atom. The van der Waals surface area contributed by atoms with Crippen molar-refractivity contribution in [2.45, 2.75) is 65.0 Å². The summed E-state index contributed by atoms with van der Waals surface area (Å²) in [7, 11) is 4.42. The largest absolute Gasteiger partial charge is 0.329 e. The van der Waals surface area contributed by atoms with Crippen LogP contribution in [0.3, 0.4) is 0 Å². The summed E-state index contributed by atoms with van der Waals surface area (Å²) in [4.78, 5) is 5.11. The van der Waals surface area contributed by atoms with Gasteiger partial charge in [0.15, 0.2) is 0 Å². The Balaban J connectivity index is 2.89. The summed E-state index contributed by atoms with van der Waals surface area (Å²) in [5.74, 6) is 1.41. The smallest absolute Gasteiger partial charge is 0.0337 e. The first-order chi connectivity index (χ1) is 9.30. The van der Waals surface area contributed by atoms with E-state index in [0.717, 1.165) is 6.54 Å². The molecule has 0 aromatic heterocycles. The van der Waals surface area contributed by atoms with Gasteiger partial charge in [-0.15, -0.1) is 0 Å². The topological polar surface area (TPSA) is 32.5 Å². The quantitative estimate of drug-likeness (QED) is 0.780. The summed E-state index contributed by atoms with van der Waals surface area (Å²) in [6.45, 7) is 12.5. The Kier molecular flexibility index (Phi) is 6.96. The molecule has 1 heterocycles. The first-order valence-corrected chi connectivity index (χ1v) is 8.42. The van der Waals surface area contributed by atoms with Gasteiger partial charge in [0.2, 0.25) is 0 Å². The highest BCUT2D eigenvalue weighted by molar-refractivity contribution is 4.96. The van der Waals surface area contributed by atoms with Crippen LogP contribution >= 0.6 is 0 Å². The summed E-state index contributed by atoms with van der Waals surface area (Å²) in [5.41, 5.74) is 6.51. The summed E-state index contributed by atoms with van der Waals surface area (Å²) in [5, 5.41) is 0. The molecule has 20 heavy (non-hydrogen) atoms. The number of likely N-dealkylation sites (tertiary alicyclic amines) is 1. The lowest BCUT2D eigenvalue weighted by atomic mass is 9.79. The second-order valence-corrected chi connectivity index (χ2v) is 7.83. The molecule has 1 aliphatic rings. The zero-order valence-corrected chi connectivity index (χ0v) is 14.7. The maximum atomic E-state index is 6.30. The van der Waals surface area contributed by atoms with Crippen LogP contribution in [0, 0.1) is 11.8 Å². The van der Waals surface area contributed by atoms with E-state index in [4.69, 9.17) is 5.73 Å². The van der Waals surface area contributed by atoms with Crippen LogP contribution in [-0.4, -0.2) is 55.1 Å². The third-order valence-electron chi connectivity index (χ3n) is 4.75. The van der Waals surface area contributed by atoms with E-state index in [1.54, 1.807) is 0 Å². The zero-order chi connectivity index (χ0) is 15.3. The second-order valence-electron chi connectivity index (χ2n) is 7.83. The van der Waals surface area contributed by atoms with Gasteiger partial charge in [-0.3, -0.25) is 4.90 Å². The Morgan fingerprint density at radius 3 is 2.10 bits per heavy atom. The molecular weight excluding hydrogens is 246 g/mol. The molecule has 1 rings (SSSR count). The van der Waals surface area contributed by atoms with Crippen LogP contribution in [0.1, 0.15) is 53.4 Å². The minimum absolute atomic E-state index is 0.205. The maximum absolute atomic E-state index is 6.30. The standard InChI is InChI=1S/C17H37N3/c1-14(2)10-17(13-18,11-15(3)4)20-9-7-8-16(12-20)19(5)6/h14-16H,7-13,18H2,1-6H3. The lowest BCUT2D eigenvalue weighted by Crippen LogP contribution is -2.60. The first-order valence-electron chi connectivity index (χ1n) is 8.42. The minimum Gasteiger partial charge on any atom is -0.329 e. The normalized spacial score (nSPS) is 22.2. The van der Waals surface area contributed by atoms with Gasteiger partial charge >= 0.3 is 0 Å². The highest BCUT2D eigenvalue weighted by atomic mass is 15.3. The third kappa shape index (κ3) is 4.71. The van der Waals surface area contributed by atoms with E-state index in [0.29, 0.717) is 17.9 Å². The van der Waals surface area contributed by atoms with Gasteiger partial charge in [-0.05, 0) is 58.2 Å². The summed E-state index contributed by atoms with van der Waals surface area (Å²) >= 11 is 0. The van der Waals surface area contributed by atoms with Crippen molar-refractivity contribution < 1.29 is 0 Å². The van der Waals surface area contributed by atoms with Crippen LogP contribution in [-0.2, 0) is 0 Å². The zero-order valence-electron chi connectivity index (χ0n) is 14.7. The molecule has 0 aliphatic carbocycles. The number of hydrogen-bond acceptors (Lipinski definition) is 3. The van der Waals surface area contributed by atoms with E-state index in [9.17, 15) is 0 Å². The molecule has 0 amide bonds. The predicted octanol–water partition coefficient (Wildman–Crippen LogP) is 2.80. The number of hydrogen-bond donors (Lipinski definition) is 1. The number of piperidine rings is 1. The van der Waals surface area contributed by atoms with Crippen LogP contribution in [0.15, 0.2) is 0 Å². The van der Waals surface area contributed by atoms with Crippen LogP contribution in [0.5, 0.6) is 0 Å². The van der Waals surface area contributed by atoms with Gasteiger partial charge in [-0.2, -0.15) is 0 Å². The van der Waals surface area contributed by atoms with E-state index < -0.39 is 0 Å². The Morgan fingerprint density at radius 2 is 1.70 bits per heavy atom. The molecule has 1 aliphatic heterocycles. The lowest BCUT2D eigenvalue weighted by molar-refractivity contribution is 0.00904. The molecule has 3 heteroatoms. The number of likely N-dealkylation sites (N-methyl/N-ethyl adjacent to an activating group) is 1. The Bertz CT molecular complexity index is 263. The molecule has 0 saturated carbocycles. The third-order valence-corrected chi connectivity index (χ3v) is 4.75. The first kappa shape index (κ1) is 17.9. The number of rotatable bonds is 7. The molecule has 0 bridgehead atoms. The van der Waals surface area contributed by atoms with Gasteiger partial charge in [0.05, 0.1) is 0 Å². The maximum Gasteiger partial charge on any atom is 0.0337 e. The molecule has 0 aromatic rings. The summed E-state index contributed by atoms with van der Waals surface area (Å²) in [6, 6.07) is 0.689. The minimum atomic E-state index is 0.205. The molecule has 1 fully saturated rings. The average molecular weight is 284 g/mol. The lowest BCUT2D eigenvalue weighted by Gasteiger charge is -2.50. The Hall–Kier alpha value is -0.120. The van der Waals surface area contributed by atoms with Crippen molar-refractivity contribution in [3.63, 3.8) is 0 Å². The molecule has 0 radical (unpaired) electrons. The summed E-state index contributed by atoms with van der Waals surface area (Å²) in [6.07, 6.45) is 5.08. The molecule has 0 aromatic carbocycles. The van der Waals surface area contributed by atoms with Crippen molar-refractivity contribution in [1.29, 1.82) is 0 Å². The van der Waals surface area contributed by atoms with Crippen molar-refractivity contribution in [1.82, 2.24) is 9.80 Å². The molecule has 1 saturated heterocycles. The van der Waals surface area contributed by atoms with E-state index in [1.807, 2.05) is 0 Å². The fourth-order valence-corrected chi connectivity index (χ4v) is 3.96. The van der Waals surface area contributed by atoms with E-state index in [2.05, 4.69) is 51.6 Å². The summed E-state index contributed by atoms with van der Waals surface area (Å²) < 4.78 is 0. The molecule has 1 atom stereocenters. The van der Waals surface area contributed by atoms with E-state index in [-0.39, 0.29) is 5.54 Å². The fourth-order valence-electron chi connectivity index (χ4n) is 3.96. The van der Waals surface area contributed by atoms with Crippen LogP contribution in [0.25, 0.3) is 0 Å². The molecule has 0 spiro atoms. The molecule has 2 N–H and O–H groups in total. The van der Waals surface area contributed by atoms with Gasteiger partial charge < -0.3 is 10.6 Å². The molecular formula is C17H37N3. The van der Waals surface area contributed by atoms with Gasteiger partial charge in [-0.1, -0.05) is 27.7 Å². The van der Waals surface area contributed by atoms with E-state index in [1.165, 1.54) is 38.8 Å². The van der Waals surface area contributed by atoms with Crippen molar-refractivity contribution in [2.24, 2.45) is 17.6 Å². The van der Waals surface area contributed by atoms with Crippen molar-refractivity contribution >= 4 is 0 Å². The highest BCUT2D eigenvalue weighted by Crippen LogP contribution is 2.33. The molecule has 3 nitrogen and oxygen atoms in total. The van der Waals surface area contributed by atoms with Gasteiger partial charge in [-0.25, -0.2) is 0 Å². The number of nitrogens with two attached hydrogens (primary N) is 1. The predicted molar refractivity (Wildman–Crippen MR) is 89.0 cm³/mol. The molecule has 120 valence electrons. The fraction of sp³-hybridized carbons (Fsp3) is 1.00. The SMILES string of the molecule is CC(C)CC(CN)(CC(C)C)N1CCCC(N(C)C)C1. The van der Waals surface area contributed by atoms with Crippen LogP contribution in [0.2, 0.25) is 0 Å². The van der Waals surface area contributed by atoms with Crippen molar-refractivity contribution in [2.75, 3.05) is 33.7 Å². The average Bonchev–Trinajstić information content (AvgIpc) is 2.36. The monoisotopic (exact) mass is 283 g/mol.